The molecule has 0 radical (unpaired) electrons. The molecule has 1 aromatic heterocycles. The Hall–Kier alpha value is -1.38. The summed E-state index contributed by atoms with van der Waals surface area (Å²) in [6, 6.07) is 2.45. The minimum absolute atomic E-state index is 0.362. The van der Waals surface area contributed by atoms with Crippen molar-refractivity contribution in [2.24, 2.45) is 7.05 Å². The van der Waals surface area contributed by atoms with Crippen molar-refractivity contribution in [3.63, 3.8) is 0 Å². The van der Waals surface area contributed by atoms with E-state index in [1.807, 2.05) is 24.0 Å². The molecule has 0 aliphatic rings. The second kappa shape index (κ2) is 8.03. The number of rotatable bonds is 9. The highest BCUT2D eigenvalue weighted by Crippen LogP contribution is 2.17. The van der Waals surface area contributed by atoms with Crippen molar-refractivity contribution in [2.75, 3.05) is 20.1 Å². The van der Waals surface area contributed by atoms with Gasteiger partial charge in [0.15, 0.2) is 0 Å². The van der Waals surface area contributed by atoms with Crippen LogP contribution in [0.5, 0.6) is 0 Å². The van der Waals surface area contributed by atoms with Gasteiger partial charge in [-0.25, -0.2) is 4.98 Å². The first-order chi connectivity index (χ1) is 9.56. The van der Waals surface area contributed by atoms with E-state index in [1.165, 1.54) is 0 Å². The van der Waals surface area contributed by atoms with Crippen LogP contribution in [0.3, 0.4) is 0 Å². The molecule has 0 saturated heterocycles. The van der Waals surface area contributed by atoms with Gasteiger partial charge in [-0.2, -0.15) is 5.26 Å². The van der Waals surface area contributed by atoms with E-state index in [-0.39, 0.29) is 5.54 Å². The molecule has 5 nitrogen and oxygen atoms in total. The van der Waals surface area contributed by atoms with E-state index >= 15 is 0 Å². The number of aromatic nitrogens is 2. The fraction of sp³-hybridized carbons (Fsp3) is 0.733. The average Bonchev–Trinajstić information content (AvgIpc) is 2.83. The van der Waals surface area contributed by atoms with Gasteiger partial charge in [0.05, 0.1) is 12.6 Å². The third-order valence-corrected chi connectivity index (χ3v) is 3.81. The highest BCUT2D eigenvalue weighted by molar-refractivity contribution is 5.06. The first-order valence-corrected chi connectivity index (χ1v) is 7.38. The molecular formula is C15H27N5. The maximum atomic E-state index is 9.38. The van der Waals surface area contributed by atoms with Gasteiger partial charge >= 0.3 is 0 Å². The molecule has 0 aromatic carbocycles. The van der Waals surface area contributed by atoms with E-state index in [2.05, 4.69) is 42.2 Å². The maximum absolute atomic E-state index is 9.38. The zero-order valence-corrected chi connectivity index (χ0v) is 13.2. The van der Waals surface area contributed by atoms with E-state index in [4.69, 9.17) is 0 Å². The van der Waals surface area contributed by atoms with Gasteiger partial charge in [-0.05, 0) is 39.4 Å². The lowest BCUT2D eigenvalue weighted by Gasteiger charge is -2.27. The largest absolute Gasteiger partial charge is 0.337 e. The Kier molecular flexibility index (Phi) is 6.69. The Labute approximate surface area is 122 Å². The highest BCUT2D eigenvalue weighted by Gasteiger charge is 2.25. The Morgan fingerprint density at radius 2 is 2.25 bits per heavy atom. The van der Waals surface area contributed by atoms with Gasteiger partial charge in [-0.15, -0.1) is 0 Å². The van der Waals surface area contributed by atoms with Gasteiger partial charge in [0.1, 0.15) is 11.4 Å². The monoisotopic (exact) mass is 277 g/mol. The molecule has 1 N–H and O–H groups in total. The summed E-state index contributed by atoms with van der Waals surface area (Å²) in [7, 11) is 4.11. The van der Waals surface area contributed by atoms with Gasteiger partial charge in [0, 0.05) is 19.4 Å². The first kappa shape index (κ1) is 16.7. The van der Waals surface area contributed by atoms with Crippen LogP contribution in [0.15, 0.2) is 12.4 Å². The van der Waals surface area contributed by atoms with E-state index in [9.17, 15) is 5.26 Å². The summed E-state index contributed by atoms with van der Waals surface area (Å²) in [6.07, 6.45) is 6.53. The molecule has 0 saturated carbocycles. The van der Waals surface area contributed by atoms with Crippen molar-refractivity contribution in [1.29, 1.82) is 5.26 Å². The standard InChI is InChI=1S/C15H27N5/c1-5-15(13-16,18-6-2)8-7-10-19(3)12-14-17-9-11-20(14)4/h9,11,18H,5-8,10,12H2,1-4H3. The number of hydrogen-bond donors (Lipinski definition) is 1. The van der Waals surface area contributed by atoms with Crippen LogP contribution < -0.4 is 5.32 Å². The molecule has 0 bridgehead atoms. The second-order valence-corrected chi connectivity index (χ2v) is 5.37. The van der Waals surface area contributed by atoms with Crippen LogP contribution in [0.25, 0.3) is 0 Å². The summed E-state index contributed by atoms with van der Waals surface area (Å²) in [6.45, 7) is 6.78. The zero-order valence-electron chi connectivity index (χ0n) is 13.2. The molecule has 1 aromatic rings. The third kappa shape index (κ3) is 4.62. The summed E-state index contributed by atoms with van der Waals surface area (Å²) in [4.78, 5) is 6.59. The minimum atomic E-state index is -0.362. The summed E-state index contributed by atoms with van der Waals surface area (Å²) in [5.41, 5.74) is -0.362. The van der Waals surface area contributed by atoms with Crippen LogP contribution in [0.4, 0.5) is 0 Å². The lowest BCUT2D eigenvalue weighted by atomic mass is 9.92. The quantitative estimate of drug-likeness (QED) is 0.749. The fourth-order valence-corrected chi connectivity index (χ4v) is 2.42. The lowest BCUT2D eigenvalue weighted by molar-refractivity contribution is 0.283. The molecule has 0 spiro atoms. The number of imidazole rings is 1. The van der Waals surface area contributed by atoms with Crippen LogP contribution in [-0.4, -0.2) is 40.1 Å². The number of nitriles is 1. The smallest absolute Gasteiger partial charge is 0.122 e. The van der Waals surface area contributed by atoms with Crippen LogP contribution in [0.1, 0.15) is 38.9 Å². The average molecular weight is 277 g/mol. The van der Waals surface area contributed by atoms with Crippen LogP contribution in [0, 0.1) is 11.3 Å². The molecule has 0 fully saturated rings. The third-order valence-electron chi connectivity index (χ3n) is 3.81. The Morgan fingerprint density at radius 3 is 2.75 bits per heavy atom. The molecular weight excluding hydrogens is 250 g/mol. The van der Waals surface area contributed by atoms with E-state index in [0.29, 0.717) is 0 Å². The van der Waals surface area contributed by atoms with Crippen LogP contribution in [-0.2, 0) is 13.6 Å². The molecule has 20 heavy (non-hydrogen) atoms. The van der Waals surface area contributed by atoms with E-state index in [0.717, 1.165) is 44.7 Å². The molecule has 0 aliphatic heterocycles. The maximum Gasteiger partial charge on any atom is 0.122 e. The predicted octanol–water partition coefficient (Wildman–Crippen LogP) is 1.91. The Balaban J connectivity index is 2.39. The molecule has 1 heterocycles. The van der Waals surface area contributed by atoms with E-state index in [1.54, 1.807) is 0 Å². The van der Waals surface area contributed by atoms with E-state index < -0.39 is 0 Å². The van der Waals surface area contributed by atoms with Gasteiger partial charge in [-0.3, -0.25) is 10.2 Å². The minimum Gasteiger partial charge on any atom is -0.337 e. The number of nitrogens with zero attached hydrogens (tertiary/aromatic N) is 4. The summed E-state index contributed by atoms with van der Waals surface area (Å²) in [5.74, 6) is 1.07. The molecule has 1 rings (SSSR count). The van der Waals surface area contributed by atoms with Gasteiger partial charge in [-0.1, -0.05) is 13.8 Å². The number of aryl methyl sites for hydroxylation is 1. The van der Waals surface area contributed by atoms with Crippen molar-refractivity contribution in [1.82, 2.24) is 19.8 Å². The molecule has 112 valence electrons. The number of nitrogens with one attached hydrogen (secondary N) is 1. The molecule has 5 heteroatoms. The lowest BCUT2D eigenvalue weighted by Crippen LogP contribution is -2.43. The number of hydrogen-bond acceptors (Lipinski definition) is 4. The van der Waals surface area contributed by atoms with Crippen molar-refractivity contribution in [3.8, 4) is 6.07 Å². The SMILES string of the molecule is CCNC(C#N)(CC)CCCN(C)Cc1nccn1C. The highest BCUT2D eigenvalue weighted by atomic mass is 15.1. The predicted molar refractivity (Wildman–Crippen MR) is 81.1 cm³/mol. The van der Waals surface area contributed by atoms with Crippen LogP contribution in [0.2, 0.25) is 0 Å². The Morgan fingerprint density at radius 1 is 1.50 bits per heavy atom. The molecule has 0 amide bonds. The second-order valence-electron chi connectivity index (χ2n) is 5.37. The zero-order chi connectivity index (χ0) is 15.0. The normalized spacial score (nSPS) is 14.2. The summed E-state index contributed by atoms with van der Waals surface area (Å²) in [5, 5.41) is 12.7. The summed E-state index contributed by atoms with van der Waals surface area (Å²) < 4.78 is 2.04. The topological polar surface area (TPSA) is 56.9 Å². The van der Waals surface area contributed by atoms with Crippen LogP contribution >= 0.6 is 0 Å². The van der Waals surface area contributed by atoms with Gasteiger partial charge in [0.2, 0.25) is 0 Å². The molecule has 1 atom stereocenters. The van der Waals surface area contributed by atoms with Crippen molar-refractivity contribution >= 4 is 0 Å². The van der Waals surface area contributed by atoms with Crippen molar-refractivity contribution in [2.45, 2.75) is 45.2 Å². The first-order valence-electron chi connectivity index (χ1n) is 7.38. The van der Waals surface area contributed by atoms with Crippen molar-refractivity contribution in [3.05, 3.63) is 18.2 Å². The van der Waals surface area contributed by atoms with Gasteiger partial charge < -0.3 is 4.57 Å². The summed E-state index contributed by atoms with van der Waals surface area (Å²) >= 11 is 0. The van der Waals surface area contributed by atoms with Gasteiger partial charge in [0.25, 0.3) is 0 Å². The fourth-order valence-electron chi connectivity index (χ4n) is 2.42. The molecule has 1 unspecified atom stereocenters. The molecule has 0 aliphatic carbocycles. The van der Waals surface area contributed by atoms with Crippen molar-refractivity contribution < 1.29 is 0 Å². The Bertz CT molecular complexity index is 434.